The van der Waals surface area contributed by atoms with Crippen LogP contribution in [0.15, 0.2) is 23.2 Å². The molecule has 1 rings (SSSR count). The molecule has 1 aromatic rings. The van der Waals surface area contributed by atoms with Crippen LogP contribution in [0.25, 0.3) is 0 Å². The minimum Gasteiger partial charge on any atom is -0.293 e. The highest BCUT2D eigenvalue weighted by atomic mass is 14.7. The molecule has 0 aliphatic rings. The standard InChI is InChI=1S/C11H15N.C2H6/c1-8-5-6-11(7-9(8)2)10(3)12-4;1-2/h5-7H,1-4H3;1-2H3. The van der Waals surface area contributed by atoms with E-state index in [2.05, 4.69) is 37.0 Å². The van der Waals surface area contributed by atoms with Crippen LogP contribution >= 0.6 is 0 Å². The van der Waals surface area contributed by atoms with Crippen LogP contribution in [0.4, 0.5) is 0 Å². The first-order valence-electron chi connectivity index (χ1n) is 5.16. The van der Waals surface area contributed by atoms with E-state index >= 15 is 0 Å². The second-order valence-electron chi connectivity index (χ2n) is 3.11. The van der Waals surface area contributed by atoms with Gasteiger partial charge in [0.15, 0.2) is 0 Å². The maximum Gasteiger partial charge on any atom is 0.0386 e. The molecule has 0 atom stereocenters. The van der Waals surface area contributed by atoms with E-state index in [1.54, 1.807) is 0 Å². The largest absolute Gasteiger partial charge is 0.293 e. The molecule has 0 aliphatic carbocycles. The van der Waals surface area contributed by atoms with Gasteiger partial charge in [-0.2, -0.15) is 0 Å². The SMILES string of the molecule is CC.CN=C(C)c1ccc(C)c(C)c1. The highest BCUT2D eigenvalue weighted by molar-refractivity contribution is 5.98. The molecule has 0 N–H and O–H groups in total. The van der Waals surface area contributed by atoms with Crippen LogP contribution < -0.4 is 0 Å². The highest BCUT2D eigenvalue weighted by Crippen LogP contribution is 2.10. The second kappa shape index (κ2) is 6.36. The third-order valence-electron chi connectivity index (χ3n) is 2.26. The summed E-state index contributed by atoms with van der Waals surface area (Å²) in [6, 6.07) is 6.43. The van der Waals surface area contributed by atoms with Crippen LogP contribution in [0.1, 0.15) is 37.5 Å². The van der Waals surface area contributed by atoms with E-state index < -0.39 is 0 Å². The Kier molecular flexibility index (Phi) is 5.86. The highest BCUT2D eigenvalue weighted by Gasteiger charge is 1.97. The van der Waals surface area contributed by atoms with Crippen molar-refractivity contribution >= 4 is 5.71 Å². The smallest absolute Gasteiger partial charge is 0.0386 e. The molecule has 1 nitrogen and oxygen atoms in total. The predicted molar refractivity (Wildman–Crippen MR) is 65.4 cm³/mol. The van der Waals surface area contributed by atoms with Crippen molar-refractivity contribution in [3.05, 3.63) is 34.9 Å². The maximum atomic E-state index is 4.15. The number of aryl methyl sites for hydroxylation is 2. The van der Waals surface area contributed by atoms with Gasteiger partial charge in [0.25, 0.3) is 0 Å². The molecule has 0 unspecified atom stereocenters. The Hall–Kier alpha value is -1.11. The van der Waals surface area contributed by atoms with Crippen LogP contribution in [0.2, 0.25) is 0 Å². The van der Waals surface area contributed by atoms with Gasteiger partial charge in [0, 0.05) is 12.8 Å². The first kappa shape index (κ1) is 12.9. The van der Waals surface area contributed by atoms with Crippen molar-refractivity contribution in [1.82, 2.24) is 0 Å². The molecule has 1 heteroatoms. The molecule has 0 saturated carbocycles. The molecule has 0 radical (unpaired) electrons. The lowest BCUT2D eigenvalue weighted by atomic mass is 10.0. The quantitative estimate of drug-likeness (QED) is 0.599. The molecule has 0 aromatic heterocycles. The first-order valence-corrected chi connectivity index (χ1v) is 5.16. The van der Waals surface area contributed by atoms with Gasteiger partial charge in [0.05, 0.1) is 0 Å². The summed E-state index contributed by atoms with van der Waals surface area (Å²) in [6.07, 6.45) is 0. The molecule has 0 heterocycles. The Labute approximate surface area is 87.9 Å². The summed E-state index contributed by atoms with van der Waals surface area (Å²) in [5, 5.41) is 0. The number of hydrogen-bond acceptors (Lipinski definition) is 1. The van der Waals surface area contributed by atoms with Crippen molar-refractivity contribution in [3.8, 4) is 0 Å². The van der Waals surface area contributed by atoms with Gasteiger partial charge >= 0.3 is 0 Å². The van der Waals surface area contributed by atoms with E-state index in [1.807, 2.05) is 27.8 Å². The minimum atomic E-state index is 1.10. The van der Waals surface area contributed by atoms with Crippen molar-refractivity contribution in [1.29, 1.82) is 0 Å². The number of rotatable bonds is 1. The van der Waals surface area contributed by atoms with Gasteiger partial charge in [0.2, 0.25) is 0 Å². The topological polar surface area (TPSA) is 12.4 Å². The summed E-state index contributed by atoms with van der Waals surface area (Å²) in [6.45, 7) is 10.3. The normalized spacial score (nSPS) is 10.6. The van der Waals surface area contributed by atoms with E-state index in [0.717, 1.165) is 5.71 Å². The van der Waals surface area contributed by atoms with Crippen molar-refractivity contribution in [2.24, 2.45) is 4.99 Å². The van der Waals surface area contributed by atoms with E-state index in [4.69, 9.17) is 0 Å². The molecule has 0 aliphatic heterocycles. The van der Waals surface area contributed by atoms with Crippen LogP contribution in [-0.2, 0) is 0 Å². The van der Waals surface area contributed by atoms with Gasteiger partial charge in [-0.25, -0.2) is 0 Å². The summed E-state index contributed by atoms with van der Waals surface area (Å²) in [4.78, 5) is 4.15. The Balaban J connectivity index is 0.000000791. The molecule has 0 fully saturated rings. The summed E-state index contributed by atoms with van der Waals surface area (Å²) in [5.41, 5.74) is 4.98. The van der Waals surface area contributed by atoms with Crippen LogP contribution in [0.5, 0.6) is 0 Å². The number of nitrogens with zero attached hydrogens (tertiary/aromatic N) is 1. The first-order chi connectivity index (χ1) is 6.65. The van der Waals surface area contributed by atoms with Gasteiger partial charge in [-0.1, -0.05) is 26.0 Å². The zero-order valence-corrected chi connectivity index (χ0v) is 10.2. The monoisotopic (exact) mass is 191 g/mol. The lowest BCUT2D eigenvalue weighted by Crippen LogP contribution is -1.95. The van der Waals surface area contributed by atoms with Crippen molar-refractivity contribution < 1.29 is 0 Å². The molecule has 0 bridgehead atoms. The van der Waals surface area contributed by atoms with Crippen LogP contribution in [0.3, 0.4) is 0 Å². The molecule has 0 saturated heterocycles. The van der Waals surface area contributed by atoms with E-state index in [-0.39, 0.29) is 0 Å². The summed E-state index contributed by atoms with van der Waals surface area (Å²) >= 11 is 0. The van der Waals surface area contributed by atoms with Gasteiger partial charge in [-0.05, 0) is 43.5 Å². The van der Waals surface area contributed by atoms with Gasteiger partial charge in [-0.15, -0.1) is 0 Å². The molecule has 0 amide bonds. The zero-order chi connectivity index (χ0) is 11.1. The summed E-state index contributed by atoms with van der Waals surface area (Å²) < 4.78 is 0. The molecule has 78 valence electrons. The second-order valence-corrected chi connectivity index (χ2v) is 3.11. The molecular formula is C13H21N. The lowest BCUT2D eigenvalue weighted by Gasteiger charge is -2.03. The van der Waals surface area contributed by atoms with Crippen LogP contribution in [0, 0.1) is 13.8 Å². The van der Waals surface area contributed by atoms with E-state index in [0.29, 0.717) is 0 Å². The Morgan fingerprint density at radius 2 is 1.64 bits per heavy atom. The number of benzene rings is 1. The number of hydrogen-bond donors (Lipinski definition) is 0. The zero-order valence-electron chi connectivity index (χ0n) is 10.2. The predicted octanol–water partition coefficient (Wildman–Crippen LogP) is 3.77. The Morgan fingerprint density at radius 3 is 2.07 bits per heavy atom. The molecule has 0 spiro atoms. The van der Waals surface area contributed by atoms with Gasteiger partial charge in [0.1, 0.15) is 0 Å². The van der Waals surface area contributed by atoms with Crippen molar-refractivity contribution in [2.75, 3.05) is 7.05 Å². The fourth-order valence-electron chi connectivity index (χ4n) is 1.10. The Bertz CT molecular complexity index is 311. The van der Waals surface area contributed by atoms with Crippen LogP contribution in [-0.4, -0.2) is 12.8 Å². The molecular weight excluding hydrogens is 170 g/mol. The fourth-order valence-corrected chi connectivity index (χ4v) is 1.10. The number of aliphatic imine (C=N–C) groups is 1. The maximum absolute atomic E-state index is 4.15. The van der Waals surface area contributed by atoms with Gasteiger partial charge < -0.3 is 0 Å². The molecule has 14 heavy (non-hydrogen) atoms. The molecule has 1 aromatic carbocycles. The third kappa shape index (κ3) is 3.33. The summed E-state index contributed by atoms with van der Waals surface area (Å²) in [5.74, 6) is 0. The van der Waals surface area contributed by atoms with Gasteiger partial charge in [-0.3, -0.25) is 4.99 Å². The van der Waals surface area contributed by atoms with Crippen molar-refractivity contribution in [3.63, 3.8) is 0 Å². The minimum absolute atomic E-state index is 1.10. The Morgan fingerprint density at radius 1 is 1.07 bits per heavy atom. The van der Waals surface area contributed by atoms with Crippen molar-refractivity contribution in [2.45, 2.75) is 34.6 Å². The lowest BCUT2D eigenvalue weighted by molar-refractivity contribution is 1.32. The van der Waals surface area contributed by atoms with E-state index in [1.165, 1.54) is 16.7 Å². The average molecular weight is 191 g/mol. The third-order valence-corrected chi connectivity index (χ3v) is 2.26. The average Bonchev–Trinajstić information content (AvgIpc) is 2.24. The fraction of sp³-hybridized carbons (Fsp3) is 0.462. The summed E-state index contributed by atoms with van der Waals surface area (Å²) in [7, 11) is 1.82. The van der Waals surface area contributed by atoms with E-state index in [9.17, 15) is 0 Å².